The Morgan fingerprint density at radius 3 is 2.79 bits per heavy atom. The molecule has 4 heteroatoms. The standard InChI is InChI=1S/C10H11NO2S/c1-13-10(12)11-7-8-14-9-5-3-2-4-6-9/h2-8H,1H3,(H,11,12)/b8-7-. The number of amides is 1. The molecule has 0 unspecified atom stereocenters. The van der Waals surface area contributed by atoms with Crippen LogP contribution >= 0.6 is 11.8 Å². The first-order valence-corrected chi connectivity index (χ1v) is 4.92. The minimum Gasteiger partial charge on any atom is -0.453 e. The number of rotatable bonds is 3. The molecular formula is C10H11NO2S. The Hall–Kier alpha value is -1.42. The normalized spacial score (nSPS) is 10.1. The molecule has 0 aromatic heterocycles. The highest BCUT2D eigenvalue weighted by Gasteiger charge is 1.91. The van der Waals surface area contributed by atoms with Crippen molar-refractivity contribution in [3.63, 3.8) is 0 Å². The van der Waals surface area contributed by atoms with Crippen molar-refractivity contribution in [2.45, 2.75) is 4.90 Å². The predicted octanol–water partition coefficient (Wildman–Crippen LogP) is 2.61. The van der Waals surface area contributed by atoms with Crippen LogP contribution in [0.4, 0.5) is 4.79 Å². The summed E-state index contributed by atoms with van der Waals surface area (Å²) in [6, 6.07) is 9.87. The lowest BCUT2D eigenvalue weighted by Gasteiger charge is -1.96. The summed E-state index contributed by atoms with van der Waals surface area (Å²) in [7, 11) is 1.33. The summed E-state index contributed by atoms with van der Waals surface area (Å²) in [6.07, 6.45) is 1.08. The fourth-order valence-corrected chi connectivity index (χ4v) is 1.38. The second-order valence-corrected chi connectivity index (χ2v) is 3.35. The van der Waals surface area contributed by atoms with Crippen molar-refractivity contribution in [2.24, 2.45) is 0 Å². The topological polar surface area (TPSA) is 38.3 Å². The summed E-state index contributed by atoms with van der Waals surface area (Å²) in [5, 5.41) is 4.22. The van der Waals surface area contributed by atoms with Crippen LogP contribution in [0.5, 0.6) is 0 Å². The van der Waals surface area contributed by atoms with Crippen molar-refractivity contribution in [1.82, 2.24) is 5.32 Å². The number of nitrogens with one attached hydrogen (secondary N) is 1. The second kappa shape index (κ2) is 6.10. The van der Waals surface area contributed by atoms with E-state index in [1.165, 1.54) is 18.9 Å². The molecule has 0 fully saturated rings. The monoisotopic (exact) mass is 209 g/mol. The largest absolute Gasteiger partial charge is 0.453 e. The highest BCUT2D eigenvalue weighted by Crippen LogP contribution is 2.17. The van der Waals surface area contributed by atoms with Crippen LogP contribution in [0.15, 0.2) is 46.8 Å². The van der Waals surface area contributed by atoms with Gasteiger partial charge in [0.05, 0.1) is 7.11 Å². The van der Waals surface area contributed by atoms with E-state index in [-0.39, 0.29) is 0 Å². The van der Waals surface area contributed by atoms with Gasteiger partial charge in [-0.05, 0) is 17.5 Å². The number of hydrogen-bond donors (Lipinski definition) is 1. The zero-order valence-electron chi connectivity index (χ0n) is 7.77. The van der Waals surface area contributed by atoms with Gasteiger partial charge < -0.3 is 4.74 Å². The maximum absolute atomic E-state index is 10.6. The highest BCUT2D eigenvalue weighted by molar-refractivity contribution is 8.02. The quantitative estimate of drug-likeness (QED) is 0.778. The van der Waals surface area contributed by atoms with Crippen LogP contribution in [0.1, 0.15) is 0 Å². The van der Waals surface area contributed by atoms with Crippen LogP contribution in [0, 0.1) is 0 Å². The number of carbonyl (C=O) groups is 1. The Morgan fingerprint density at radius 2 is 2.14 bits per heavy atom. The average Bonchev–Trinajstić information content (AvgIpc) is 2.25. The number of carbonyl (C=O) groups excluding carboxylic acids is 1. The minimum absolute atomic E-state index is 0.463. The van der Waals surface area contributed by atoms with Gasteiger partial charge in [-0.15, -0.1) is 0 Å². The van der Waals surface area contributed by atoms with Crippen molar-refractivity contribution in [1.29, 1.82) is 0 Å². The van der Waals surface area contributed by atoms with Crippen LogP contribution in [0.3, 0.4) is 0 Å². The van der Waals surface area contributed by atoms with Crippen molar-refractivity contribution in [2.75, 3.05) is 7.11 Å². The van der Waals surface area contributed by atoms with E-state index in [1.807, 2.05) is 30.3 Å². The first-order valence-electron chi connectivity index (χ1n) is 4.04. The Morgan fingerprint density at radius 1 is 1.43 bits per heavy atom. The van der Waals surface area contributed by atoms with E-state index in [0.29, 0.717) is 0 Å². The van der Waals surface area contributed by atoms with E-state index >= 15 is 0 Å². The van der Waals surface area contributed by atoms with Gasteiger partial charge in [-0.25, -0.2) is 4.79 Å². The number of alkyl carbamates (subject to hydrolysis) is 1. The van der Waals surface area contributed by atoms with E-state index in [4.69, 9.17) is 0 Å². The number of thioether (sulfide) groups is 1. The van der Waals surface area contributed by atoms with Gasteiger partial charge in [0.1, 0.15) is 0 Å². The first-order chi connectivity index (χ1) is 6.83. The van der Waals surface area contributed by atoms with E-state index in [0.717, 1.165) is 4.90 Å². The van der Waals surface area contributed by atoms with Gasteiger partial charge in [0.25, 0.3) is 0 Å². The van der Waals surface area contributed by atoms with Gasteiger partial charge in [-0.1, -0.05) is 30.0 Å². The van der Waals surface area contributed by atoms with Crippen molar-refractivity contribution >= 4 is 17.9 Å². The molecule has 0 saturated carbocycles. The molecular weight excluding hydrogens is 198 g/mol. The molecule has 0 radical (unpaired) electrons. The Bertz CT molecular complexity index is 311. The maximum atomic E-state index is 10.6. The molecule has 0 spiro atoms. The summed E-state index contributed by atoms with van der Waals surface area (Å²) < 4.78 is 4.39. The van der Waals surface area contributed by atoms with Crippen LogP contribution < -0.4 is 5.32 Å². The number of hydrogen-bond acceptors (Lipinski definition) is 3. The molecule has 3 nitrogen and oxygen atoms in total. The Labute approximate surface area is 87.1 Å². The number of benzene rings is 1. The van der Waals surface area contributed by atoms with Gasteiger partial charge in [0.15, 0.2) is 0 Å². The Kier molecular flexibility index (Phi) is 4.64. The van der Waals surface area contributed by atoms with E-state index < -0.39 is 6.09 Å². The molecule has 1 amide bonds. The molecule has 1 aromatic rings. The molecule has 0 aliphatic carbocycles. The third kappa shape index (κ3) is 4.00. The van der Waals surface area contributed by atoms with Gasteiger partial charge in [-0.3, -0.25) is 5.32 Å². The second-order valence-electron chi connectivity index (χ2n) is 2.37. The maximum Gasteiger partial charge on any atom is 0.410 e. The van der Waals surface area contributed by atoms with Crippen LogP contribution in [-0.2, 0) is 4.74 Å². The zero-order chi connectivity index (χ0) is 10.2. The van der Waals surface area contributed by atoms with Crippen molar-refractivity contribution in [3.05, 3.63) is 41.9 Å². The molecule has 74 valence electrons. The lowest BCUT2D eigenvalue weighted by atomic mass is 10.4. The summed E-state index contributed by atoms with van der Waals surface area (Å²) in [5.74, 6) is 0. The summed E-state index contributed by atoms with van der Waals surface area (Å²) >= 11 is 1.52. The predicted molar refractivity (Wildman–Crippen MR) is 57.0 cm³/mol. The fourth-order valence-electron chi connectivity index (χ4n) is 0.773. The van der Waals surface area contributed by atoms with Gasteiger partial charge >= 0.3 is 6.09 Å². The molecule has 14 heavy (non-hydrogen) atoms. The number of methoxy groups -OCH3 is 1. The molecule has 1 aromatic carbocycles. The fraction of sp³-hybridized carbons (Fsp3) is 0.100. The summed E-state index contributed by atoms with van der Waals surface area (Å²) in [5.41, 5.74) is 0. The SMILES string of the molecule is COC(=O)N/C=C\Sc1ccccc1. The van der Waals surface area contributed by atoms with Crippen LogP contribution in [0.2, 0.25) is 0 Å². The first kappa shape index (κ1) is 10.7. The van der Waals surface area contributed by atoms with Gasteiger partial charge in [-0.2, -0.15) is 0 Å². The van der Waals surface area contributed by atoms with Crippen molar-refractivity contribution in [3.8, 4) is 0 Å². The number of ether oxygens (including phenoxy) is 1. The third-order valence-electron chi connectivity index (χ3n) is 1.40. The molecule has 0 saturated heterocycles. The highest BCUT2D eigenvalue weighted by atomic mass is 32.2. The molecule has 0 aliphatic heterocycles. The van der Waals surface area contributed by atoms with E-state index in [2.05, 4.69) is 10.1 Å². The molecule has 1 N–H and O–H groups in total. The van der Waals surface area contributed by atoms with E-state index in [9.17, 15) is 4.79 Å². The molecule has 1 rings (SSSR count). The van der Waals surface area contributed by atoms with E-state index in [1.54, 1.807) is 11.6 Å². The molecule has 0 bridgehead atoms. The lowest BCUT2D eigenvalue weighted by Crippen LogP contribution is -2.15. The average molecular weight is 209 g/mol. The lowest BCUT2D eigenvalue weighted by molar-refractivity contribution is 0.175. The summed E-state index contributed by atoms with van der Waals surface area (Å²) in [4.78, 5) is 11.8. The van der Waals surface area contributed by atoms with Gasteiger partial charge in [0, 0.05) is 11.1 Å². The molecule has 0 heterocycles. The zero-order valence-corrected chi connectivity index (χ0v) is 8.58. The van der Waals surface area contributed by atoms with Crippen molar-refractivity contribution < 1.29 is 9.53 Å². The van der Waals surface area contributed by atoms with Crippen LogP contribution in [0.25, 0.3) is 0 Å². The molecule has 0 atom stereocenters. The Balaban J connectivity index is 2.31. The third-order valence-corrected chi connectivity index (χ3v) is 2.22. The summed E-state index contributed by atoms with van der Waals surface area (Å²) in [6.45, 7) is 0. The smallest absolute Gasteiger partial charge is 0.410 e. The molecule has 0 aliphatic rings. The van der Waals surface area contributed by atoms with Crippen LogP contribution in [-0.4, -0.2) is 13.2 Å². The minimum atomic E-state index is -0.463. The van der Waals surface area contributed by atoms with Gasteiger partial charge in [0.2, 0.25) is 0 Å².